The van der Waals surface area contributed by atoms with Gasteiger partial charge in [-0.3, -0.25) is 4.90 Å². The van der Waals surface area contributed by atoms with Crippen molar-refractivity contribution in [3.05, 3.63) is 87.3 Å². The number of benzene rings is 2. The highest BCUT2D eigenvalue weighted by atomic mass is 32.1. The third-order valence-corrected chi connectivity index (χ3v) is 6.34. The number of thiophene rings is 1. The Hall–Kier alpha value is -2.74. The molecule has 1 aliphatic heterocycles. The Morgan fingerprint density at radius 2 is 1.93 bits per heavy atom. The van der Waals surface area contributed by atoms with E-state index in [2.05, 4.69) is 41.3 Å². The van der Waals surface area contributed by atoms with Gasteiger partial charge in [-0.2, -0.15) is 0 Å². The van der Waals surface area contributed by atoms with Crippen molar-refractivity contribution in [2.24, 2.45) is 0 Å². The molecule has 0 fully saturated rings. The number of fused-ring (bicyclic) bond motifs is 1. The quantitative estimate of drug-likeness (QED) is 0.365. The number of rotatable bonds is 9. The molecule has 0 bridgehead atoms. The van der Waals surface area contributed by atoms with Gasteiger partial charge in [-0.1, -0.05) is 54.6 Å². The van der Waals surface area contributed by atoms with E-state index in [1.807, 2.05) is 41.7 Å². The molecule has 6 nitrogen and oxygen atoms in total. The topological polar surface area (TPSA) is 64.8 Å². The summed E-state index contributed by atoms with van der Waals surface area (Å²) in [5, 5.41) is 11.5. The zero-order valence-corrected chi connectivity index (χ0v) is 17.4. The molecule has 0 saturated carbocycles. The number of nitrogens with zero attached hydrogens (tertiary/aromatic N) is 2. The zero-order chi connectivity index (χ0) is 20.8. The lowest BCUT2D eigenvalue weighted by Crippen LogP contribution is -2.39. The summed E-state index contributed by atoms with van der Waals surface area (Å²) in [6.07, 6.45) is 2.54. The van der Waals surface area contributed by atoms with E-state index in [1.165, 1.54) is 20.5 Å². The molecule has 0 unspecified atom stereocenters. The molecular formula is C23H24N2O4S. The fourth-order valence-corrected chi connectivity index (χ4v) is 4.78. The minimum absolute atomic E-state index is 0.180. The lowest BCUT2D eigenvalue weighted by atomic mass is 10.1. The third kappa shape index (κ3) is 5.44. The molecule has 2 aromatic carbocycles. The maximum Gasteiger partial charge on any atom is 0.294 e. The molecule has 4 rings (SSSR count). The fraction of sp³-hybridized carbons (Fsp3) is 0.304. The summed E-state index contributed by atoms with van der Waals surface area (Å²) in [5.41, 5.74) is 2.38. The van der Waals surface area contributed by atoms with Gasteiger partial charge in [0.25, 0.3) is 5.09 Å². The lowest BCUT2D eigenvalue weighted by Gasteiger charge is -2.29. The molecule has 0 N–H and O–H groups in total. The predicted molar refractivity (Wildman–Crippen MR) is 119 cm³/mol. The minimum atomic E-state index is -0.723. The molecule has 1 aliphatic rings. The van der Waals surface area contributed by atoms with E-state index < -0.39 is 11.2 Å². The van der Waals surface area contributed by atoms with Gasteiger partial charge >= 0.3 is 0 Å². The number of hydrogen-bond donors (Lipinski definition) is 0. The van der Waals surface area contributed by atoms with E-state index in [-0.39, 0.29) is 6.61 Å². The zero-order valence-electron chi connectivity index (χ0n) is 16.6. The van der Waals surface area contributed by atoms with Gasteiger partial charge in [0.1, 0.15) is 6.10 Å². The first-order chi connectivity index (χ1) is 14.7. The molecule has 0 amide bonds. The Morgan fingerprint density at radius 1 is 1.13 bits per heavy atom. The SMILES string of the molecule is O=[N+]([O-])O[C@H](COCc1ccccc1)CN1CC=C(c2cc3ccccc3s2)CC1. The number of hydrogen-bond acceptors (Lipinski definition) is 6. The standard InChI is InChI=1S/C23H24N2O4S/c26-25(27)29-21(17-28-16-18-6-2-1-3-7-18)15-24-12-10-19(11-13-24)23-14-20-8-4-5-9-22(20)30-23/h1-10,14,21H,11-13,15-17H2/t21-/m0/s1. The van der Waals surface area contributed by atoms with Crippen LogP contribution in [0.4, 0.5) is 0 Å². The average Bonchev–Trinajstić information content (AvgIpc) is 3.19. The molecule has 1 aromatic heterocycles. The second-order valence-corrected chi connectivity index (χ2v) is 8.42. The van der Waals surface area contributed by atoms with Crippen LogP contribution in [0.3, 0.4) is 0 Å². The summed E-state index contributed by atoms with van der Waals surface area (Å²) in [5.74, 6) is 0. The van der Waals surface area contributed by atoms with Crippen LogP contribution in [0.1, 0.15) is 16.9 Å². The second-order valence-electron chi connectivity index (χ2n) is 7.34. The van der Waals surface area contributed by atoms with Gasteiger partial charge < -0.3 is 9.57 Å². The summed E-state index contributed by atoms with van der Waals surface area (Å²) in [4.78, 5) is 19.3. The van der Waals surface area contributed by atoms with Gasteiger partial charge in [0.2, 0.25) is 0 Å². The van der Waals surface area contributed by atoms with Crippen LogP contribution in [0.5, 0.6) is 0 Å². The average molecular weight is 425 g/mol. The van der Waals surface area contributed by atoms with Crippen LogP contribution in [0.15, 0.2) is 66.7 Å². The monoisotopic (exact) mass is 424 g/mol. The first kappa shape index (κ1) is 20.5. The van der Waals surface area contributed by atoms with Crippen LogP contribution in [0.25, 0.3) is 15.7 Å². The van der Waals surface area contributed by atoms with Gasteiger partial charge in [-0.25, -0.2) is 0 Å². The van der Waals surface area contributed by atoms with E-state index in [9.17, 15) is 10.1 Å². The van der Waals surface area contributed by atoms with Gasteiger partial charge in [0.05, 0.1) is 13.2 Å². The highest BCUT2D eigenvalue weighted by Crippen LogP contribution is 2.33. The molecule has 3 aromatic rings. The largest absolute Gasteiger partial charge is 0.374 e. The van der Waals surface area contributed by atoms with Crippen molar-refractivity contribution in [3.8, 4) is 0 Å². The van der Waals surface area contributed by atoms with Crippen molar-refractivity contribution in [2.75, 3.05) is 26.2 Å². The van der Waals surface area contributed by atoms with Crippen LogP contribution in [0, 0.1) is 10.1 Å². The van der Waals surface area contributed by atoms with Crippen molar-refractivity contribution < 1.29 is 14.7 Å². The molecule has 7 heteroatoms. The van der Waals surface area contributed by atoms with E-state index in [4.69, 9.17) is 9.57 Å². The molecular weight excluding hydrogens is 400 g/mol. The Morgan fingerprint density at radius 3 is 2.67 bits per heavy atom. The summed E-state index contributed by atoms with van der Waals surface area (Å²) >= 11 is 1.82. The predicted octanol–water partition coefficient (Wildman–Crippen LogP) is 4.78. The van der Waals surface area contributed by atoms with E-state index in [0.29, 0.717) is 13.2 Å². The van der Waals surface area contributed by atoms with Crippen molar-refractivity contribution in [2.45, 2.75) is 19.1 Å². The fourth-order valence-electron chi connectivity index (χ4n) is 3.65. The van der Waals surface area contributed by atoms with Gasteiger partial charge in [-0.05, 0) is 35.1 Å². The van der Waals surface area contributed by atoms with Crippen LogP contribution >= 0.6 is 11.3 Å². The summed E-state index contributed by atoms with van der Waals surface area (Å²) in [7, 11) is 0. The van der Waals surface area contributed by atoms with Gasteiger partial charge in [0.15, 0.2) is 0 Å². The minimum Gasteiger partial charge on any atom is -0.374 e. The van der Waals surface area contributed by atoms with Crippen LogP contribution in [0.2, 0.25) is 0 Å². The van der Waals surface area contributed by atoms with Gasteiger partial charge in [-0.15, -0.1) is 21.5 Å². The first-order valence-electron chi connectivity index (χ1n) is 10.0. The van der Waals surface area contributed by atoms with Crippen LogP contribution in [-0.2, 0) is 16.2 Å². The maximum absolute atomic E-state index is 10.9. The summed E-state index contributed by atoms with van der Waals surface area (Å²) < 4.78 is 6.98. The lowest BCUT2D eigenvalue weighted by molar-refractivity contribution is -0.769. The normalized spacial score (nSPS) is 15.7. The maximum atomic E-state index is 10.9. The molecule has 0 radical (unpaired) electrons. The Balaban J connectivity index is 1.32. The Kier molecular flexibility index (Phi) is 6.74. The van der Waals surface area contributed by atoms with E-state index in [1.54, 1.807) is 0 Å². The van der Waals surface area contributed by atoms with Gasteiger partial charge in [0, 0.05) is 29.2 Å². The second kappa shape index (κ2) is 9.84. The Labute approximate surface area is 179 Å². The summed E-state index contributed by atoms with van der Waals surface area (Å²) in [6, 6.07) is 20.4. The van der Waals surface area contributed by atoms with E-state index in [0.717, 1.165) is 25.1 Å². The molecule has 0 spiro atoms. The van der Waals surface area contributed by atoms with Crippen LogP contribution in [-0.4, -0.2) is 42.3 Å². The van der Waals surface area contributed by atoms with Crippen molar-refractivity contribution in [3.63, 3.8) is 0 Å². The summed E-state index contributed by atoms with van der Waals surface area (Å²) in [6.45, 7) is 2.65. The van der Waals surface area contributed by atoms with Crippen molar-refractivity contribution in [1.82, 2.24) is 4.90 Å². The van der Waals surface area contributed by atoms with Crippen LogP contribution < -0.4 is 0 Å². The molecule has 156 valence electrons. The molecule has 0 aliphatic carbocycles. The highest BCUT2D eigenvalue weighted by Gasteiger charge is 2.21. The molecule has 0 saturated heterocycles. The number of ether oxygens (including phenoxy) is 1. The smallest absolute Gasteiger partial charge is 0.294 e. The third-order valence-electron chi connectivity index (χ3n) is 5.15. The molecule has 2 heterocycles. The van der Waals surface area contributed by atoms with Crippen molar-refractivity contribution in [1.29, 1.82) is 0 Å². The first-order valence-corrected chi connectivity index (χ1v) is 10.8. The van der Waals surface area contributed by atoms with E-state index >= 15 is 0 Å². The Bertz CT molecular complexity index is 985. The molecule has 30 heavy (non-hydrogen) atoms. The highest BCUT2D eigenvalue weighted by molar-refractivity contribution is 7.20. The molecule has 1 atom stereocenters. The van der Waals surface area contributed by atoms with Crippen molar-refractivity contribution >= 4 is 27.0 Å².